The molecule has 0 atom stereocenters. The second-order valence-corrected chi connectivity index (χ2v) is 5.32. The maximum absolute atomic E-state index is 11.8. The molecule has 5 nitrogen and oxygen atoms in total. The Labute approximate surface area is 102 Å². The minimum atomic E-state index is -0.440. The minimum Gasteiger partial charge on any atom is -0.460 e. The average Bonchev–Trinajstić information content (AvgIpc) is 2.15. The van der Waals surface area contributed by atoms with Crippen molar-refractivity contribution in [2.24, 2.45) is 5.92 Å². The zero-order valence-electron chi connectivity index (χ0n) is 11.0. The van der Waals surface area contributed by atoms with Gasteiger partial charge in [-0.1, -0.05) is 0 Å². The molecule has 0 radical (unpaired) electrons. The summed E-state index contributed by atoms with van der Waals surface area (Å²) in [5.41, 5.74) is -0.440. The highest BCUT2D eigenvalue weighted by atomic mass is 16.7. The molecule has 0 amide bonds. The molecule has 0 bridgehead atoms. The molecule has 0 saturated carbocycles. The van der Waals surface area contributed by atoms with Gasteiger partial charge in [-0.05, 0) is 33.6 Å². The number of ether oxygens (including phenoxy) is 1. The topological polar surface area (TPSA) is 55.8 Å². The predicted molar refractivity (Wildman–Crippen MR) is 61.9 cm³/mol. The quantitative estimate of drug-likeness (QED) is 0.688. The molecule has 5 heteroatoms. The summed E-state index contributed by atoms with van der Waals surface area (Å²) in [7, 11) is 0. The Bertz CT molecular complexity index is 287. The van der Waals surface area contributed by atoms with Crippen LogP contribution in [0.3, 0.4) is 0 Å². The molecule has 0 aromatic heterocycles. The van der Waals surface area contributed by atoms with Crippen LogP contribution in [0, 0.1) is 5.92 Å². The van der Waals surface area contributed by atoms with Crippen LogP contribution in [0.25, 0.3) is 0 Å². The molecule has 98 valence electrons. The SMILES string of the molecule is CC(=O)ON1CCC(C(=O)OC(C)(C)C)CC1. The average molecular weight is 243 g/mol. The maximum Gasteiger partial charge on any atom is 0.322 e. The molecule has 1 rings (SSSR count). The molecule has 0 spiro atoms. The molecule has 1 heterocycles. The van der Waals surface area contributed by atoms with E-state index in [0.29, 0.717) is 25.9 Å². The van der Waals surface area contributed by atoms with Gasteiger partial charge < -0.3 is 9.57 Å². The van der Waals surface area contributed by atoms with Gasteiger partial charge in [0.1, 0.15) is 5.60 Å². The van der Waals surface area contributed by atoms with Crippen molar-refractivity contribution in [1.29, 1.82) is 0 Å². The van der Waals surface area contributed by atoms with Crippen molar-refractivity contribution < 1.29 is 19.2 Å². The van der Waals surface area contributed by atoms with E-state index in [9.17, 15) is 9.59 Å². The van der Waals surface area contributed by atoms with Crippen LogP contribution < -0.4 is 0 Å². The van der Waals surface area contributed by atoms with Gasteiger partial charge in [-0.15, -0.1) is 5.06 Å². The molecule has 1 saturated heterocycles. The van der Waals surface area contributed by atoms with E-state index in [0.717, 1.165) is 0 Å². The third-order valence-corrected chi connectivity index (χ3v) is 2.45. The smallest absolute Gasteiger partial charge is 0.322 e. The first-order valence-corrected chi connectivity index (χ1v) is 5.94. The molecular formula is C12H21NO4. The number of carbonyl (C=O) groups excluding carboxylic acids is 2. The molecule has 0 N–H and O–H groups in total. The lowest BCUT2D eigenvalue weighted by molar-refractivity contribution is -0.196. The van der Waals surface area contributed by atoms with Crippen molar-refractivity contribution in [3.63, 3.8) is 0 Å². The number of nitrogens with zero attached hydrogens (tertiary/aromatic N) is 1. The summed E-state index contributed by atoms with van der Waals surface area (Å²) >= 11 is 0. The Morgan fingerprint density at radius 3 is 2.12 bits per heavy atom. The van der Waals surface area contributed by atoms with Gasteiger partial charge in [0.2, 0.25) is 0 Å². The van der Waals surface area contributed by atoms with Gasteiger partial charge >= 0.3 is 11.9 Å². The molecule has 0 aromatic carbocycles. The fraction of sp³-hybridized carbons (Fsp3) is 0.833. The van der Waals surface area contributed by atoms with E-state index in [1.165, 1.54) is 6.92 Å². The van der Waals surface area contributed by atoms with Gasteiger partial charge in [0.15, 0.2) is 0 Å². The molecule has 1 aliphatic heterocycles. The first kappa shape index (κ1) is 14.0. The van der Waals surface area contributed by atoms with E-state index in [4.69, 9.17) is 9.57 Å². The van der Waals surface area contributed by atoms with Crippen LogP contribution in [0.2, 0.25) is 0 Å². The molecule has 0 unspecified atom stereocenters. The van der Waals surface area contributed by atoms with Gasteiger partial charge in [-0.3, -0.25) is 9.59 Å². The second kappa shape index (κ2) is 5.49. The largest absolute Gasteiger partial charge is 0.460 e. The van der Waals surface area contributed by atoms with Crippen molar-refractivity contribution in [2.75, 3.05) is 13.1 Å². The molecule has 1 fully saturated rings. The van der Waals surface area contributed by atoms with Gasteiger partial charge in [0.05, 0.1) is 5.92 Å². The number of hydrogen-bond donors (Lipinski definition) is 0. The van der Waals surface area contributed by atoms with Crippen molar-refractivity contribution in [1.82, 2.24) is 5.06 Å². The van der Waals surface area contributed by atoms with Crippen LogP contribution in [-0.2, 0) is 19.2 Å². The summed E-state index contributed by atoms with van der Waals surface area (Å²) in [6.45, 7) is 8.13. The standard InChI is InChI=1S/C12H21NO4/c1-9(14)17-13-7-5-10(6-8-13)11(15)16-12(2,3)4/h10H,5-8H2,1-4H3. The van der Waals surface area contributed by atoms with Crippen molar-refractivity contribution in [2.45, 2.75) is 46.1 Å². The van der Waals surface area contributed by atoms with Crippen LogP contribution in [-0.4, -0.2) is 35.7 Å². The number of piperidine rings is 1. The van der Waals surface area contributed by atoms with Gasteiger partial charge in [-0.25, -0.2) is 0 Å². The number of rotatable bonds is 2. The first-order valence-electron chi connectivity index (χ1n) is 5.94. The summed E-state index contributed by atoms with van der Waals surface area (Å²) in [5, 5.41) is 1.60. The maximum atomic E-state index is 11.8. The van der Waals surface area contributed by atoms with E-state index in [1.54, 1.807) is 5.06 Å². The lowest BCUT2D eigenvalue weighted by atomic mass is 9.98. The van der Waals surface area contributed by atoms with Gasteiger partial charge in [0, 0.05) is 20.0 Å². The Kier molecular flexibility index (Phi) is 4.51. The zero-order valence-corrected chi connectivity index (χ0v) is 11.0. The molecular weight excluding hydrogens is 222 g/mol. The number of esters is 1. The second-order valence-electron chi connectivity index (χ2n) is 5.32. The van der Waals surface area contributed by atoms with E-state index in [-0.39, 0.29) is 17.9 Å². The third kappa shape index (κ3) is 5.17. The molecule has 0 aromatic rings. The normalized spacial score (nSPS) is 18.8. The number of carbonyl (C=O) groups is 2. The zero-order chi connectivity index (χ0) is 13.1. The van der Waals surface area contributed by atoms with Crippen LogP contribution in [0.1, 0.15) is 40.5 Å². The lowest BCUT2D eigenvalue weighted by Crippen LogP contribution is -2.39. The van der Waals surface area contributed by atoms with Crippen molar-refractivity contribution in [3.8, 4) is 0 Å². The van der Waals surface area contributed by atoms with E-state index < -0.39 is 5.60 Å². The van der Waals surface area contributed by atoms with E-state index >= 15 is 0 Å². The molecule has 17 heavy (non-hydrogen) atoms. The van der Waals surface area contributed by atoms with E-state index in [1.807, 2.05) is 20.8 Å². The molecule has 1 aliphatic rings. The summed E-state index contributed by atoms with van der Waals surface area (Å²) in [6.07, 6.45) is 1.34. The van der Waals surface area contributed by atoms with E-state index in [2.05, 4.69) is 0 Å². The van der Waals surface area contributed by atoms with Crippen LogP contribution in [0.4, 0.5) is 0 Å². The van der Waals surface area contributed by atoms with Crippen molar-refractivity contribution in [3.05, 3.63) is 0 Å². The molecule has 0 aliphatic carbocycles. The summed E-state index contributed by atoms with van der Waals surface area (Å²) < 4.78 is 5.33. The highest BCUT2D eigenvalue weighted by molar-refractivity contribution is 5.73. The van der Waals surface area contributed by atoms with Crippen molar-refractivity contribution >= 4 is 11.9 Å². The summed E-state index contributed by atoms with van der Waals surface area (Å²) in [4.78, 5) is 27.5. The van der Waals surface area contributed by atoms with Gasteiger partial charge in [-0.2, -0.15) is 0 Å². The Morgan fingerprint density at radius 2 is 1.71 bits per heavy atom. The van der Waals surface area contributed by atoms with Crippen LogP contribution >= 0.6 is 0 Å². The highest BCUT2D eigenvalue weighted by Crippen LogP contribution is 2.21. The fourth-order valence-corrected chi connectivity index (χ4v) is 1.75. The Balaban J connectivity index is 2.36. The Hall–Kier alpha value is -1.10. The third-order valence-electron chi connectivity index (χ3n) is 2.45. The fourth-order valence-electron chi connectivity index (χ4n) is 1.75. The summed E-state index contributed by atoms with van der Waals surface area (Å²) in [6, 6.07) is 0. The van der Waals surface area contributed by atoms with Crippen LogP contribution in [0.5, 0.6) is 0 Å². The predicted octanol–water partition coefficient (Wildman–Crippen LogP) is 1.52. The minimum absolute atomic E-state index is 0.0824. The number of hydrogen-bond acceptors (Lipinski definition) is 5. The highest BCUT2D eigenvalue weighted by Gasteiger charge is 2.29. The summed E-state index contributed by atoms with van der Waals surface area (Å²) in [5.74, 6) is -0.554. The first-order chi connectivity index (χ1) is 7.78. The van der Waals surface area contributed by atoms with Crippen LogP contribution in [0.15, 0.2) is 0 Å². The lowest BCUT2D eigenvalue weighted by Gasteiger charge is -2.30. The monoisotopic (exact) mass is 243 g/mol. The number of hydroxylamine groups is 2. The van der Waals surface area contributed by atoms with Gasteiger partial charge in [0.25, 0.3) is 0 Å². The Morgan fingerprint density at radius 1 is 1.18 bits per heavy atom.